The van der Waals surface area contributed by atoms with Gasteiger partial charge < -0.3 is 5.32 Å². The highest BCUT2D eigenvalue weighted by atomic mass is 16.2. The van der Waals surface area contributed by atoms with Crippen LogP contribution >= 0.6 is 0 Å². The molecule has 5 heteroatoms. The van der Waals surface area contributed by atoms with Crippen molar-refractivity contribution in [1.29, 1.82) is 0 Å². The molecule has 0 saturated carbocycles. The Balaban J connectivity index is 3.51. The summed E-state index contributed by atoms with van der Waals surface area (Å²) in [6.45, 7) is 12.3. The number of carbonyl (C=O) groups is 4. The van der Waals surface area contributed by atoms with Gasteiger partial charge in [-0.15, -0.1) is 0 Å². The normalized spacial score (nSPS) is 11.9. The monoisotopic (exact) mass is 451 g/mol. The number of amides is 1. The van der Waals surface area contributed by atoms with Crippen LogP contribution in [0.4, 0.5) is 0 Å². The van der Waals surface area contributed by atoms with E-state index in [4.69, 9.17) is 0 Å². The van der Waals surface area contributed by atoms with E-state index in [0.717, 1.165) is 57.8 Å². The van der Waals surface area contributed by atoms with Crippen LogP contribution in [0.1, 0.15) is 131 Å². The van der Waals surface area contributed by atoms with Crippen LogP contribution in [-0.2, 0) is 19.2 Å². The standard InChI is InChI=1S/C27H49NO4/c1-26(2,3)23(30)18-12-11-17-22(29)16-10-8-7-9-15-21-28-25(32)20-14-13-19-24(31)27(4,5)6/h7-21H2,1-6H3,(H,28,32). The third-order valence-corrected chi connectivity index (χ3v) is 5.79. The van der Waals surface area contributed by atoms with Gasteiger partial charge in [0.25, 0.3) is 0 Å². The molecule has 0 atom stereocenters. The van der Waals surface area contributed by atoms with Crippen LogP contribution in [0.3, 0.4) is 0 Å². The minimum absolute atomic E-state index is 0.0722. The number of hydrogen-bond acceptors (Lipinski definition) is 4. The van der Waals surface area contributed by atoms with Gasteiger partial charge >= 0.3 is 0 Å². The van der Waals surface area contributed by atoms with Gasteiger partial charge in [0, 0.05) is 49.5 Å². The number of rotatable bonds is 18. The van der Waals surface area contributed by atoms with Gasteiger partial charge in [0.05, 0.1) is 0 Å². The lowest BCUT2D eigenvalue weighted by atomic mass is 9.87. The smallest absolute Gasteiger partial charge is 0.219 e. The number of unbranched alkanes of at least 4 members (excludes halogenated alkanes) is 6. The molecule has 0 spiro atoms. The van der Waals surface area contributed by atoms with Crippen LogP contribution in [-0.4, -0.2) is 29.8 Å². The van der Waals surface area contributed by atoms with Gasteiger partial charge in [-0.2, -0.15) is 0 Å². The summed E-state index contributed by atoms with van der Waals surface area (Å²) >= 11 is 0. The lowest BCUT2D eigenvalue weighted by molar-refractivity contribution is -0.127. The maximum Gasteiger partial charge on any atom is 0.219 e. The summed E-state index contributed by atoms with van der Waals surface area (Å²) in [5.41, 5.74) is -0.566. The van der Waals surface area contributed by atoms with E-state index in [9.17, 15) is 19.2 Å². The molecule has 0 aliphatic heterocycles. The summed E-state index contributed by atoms with van der Waals surface area (Å²) in [6.07, 6.45) is 11.1. The molecular formula is C27H49NO4. The predicted octanol–water partition coefficient (Wildman–Crippen LogP) is 6.36. The molecule has 0 aromatic heterocycles. The fourth-order valence-electron chi connectivity index (χ4n) is 3.35. The largest absolute Gasteiger partial charge is 0.356 e. The Labute approximate surface area is 196 Å². The quantitative estimate of drug-likeness (QED) is 0.246. The van der Waals surface area contributed by atoms with E-state index >= 15 is 0 Å². The van der Waals surface area contributed by atoms with Crippen molar-refractivity contribution in [3.05, 3.63) is 0 Å². The Kier molecular flexibility index (Phi) is 15.4. The zero-order valence-electron chi connectivity index (χ0n) is 21.7. The topological polar surface area (TPSA) is 80.3 Å². The summed E-state index contributed by atoms with van der Waals surface area (Å²) in [4.78, 5) is 47.5. The average molecular weight is 452 g/mol. The molecule has 5 nitrogen and oxygen atoms in total. The maximum atomic E-state index is 11.9. The predicted molar refractivity (Wildman–Crippen MR) is 132 cm³/mol. The van der Waals surface area contributed by atoms with E-state index in [1.807, 2.05) is 41.5 Å². The molecule has 0 rings (SSSR count). The van der Waals surface area contributed by atoms with Crippen LogP contribution in [0, 0.1) is 10.8 Å². The second-order valence-electron chi connectivity index (χ2n) is 11.2. The fourth-order valence-corrected chi connectivity index (χ4v) is 3.35. The van der Waals surface area contributed by atoms with Crippen LogP contribution in [0.2, 0.25) is 0 Å². The summed E-state index contributed by atoms with van der Waals surface area (Å²) in [7, 11) is 0. The first-order valence-corrected chi connectivity index (χ1v) is 12.7. The molecule has 0 unspecified atom stereocenters. The molecule has 0 fully saturated rings. The number of Topliss-reactive ketones (excluding diaryl/α,β-unsaturated/α-hetero) is 3. The molecule has 0 aromatic carbocycles. The summed E-state index contributed by atoms with van der Waals surface area (Å²) < 4.78 is 0. The highest BCUT2D eigenvalue weighted by Crippen LogP contribution is 2.19. The number of nitrogens with one attached hydrogen (secondary N) is 1. The average Bonchev–Trinajstić information content (AvgIpc) is 2.68. The maximum absolute atomic E-state index is 11.9. The molecule has 0 aliphatic rings. The number of carbonyl (C=O) groups excluding carboxylic acids is 4. The van der Waals surface area contributed by atoms with Crippen LogP contribution in [0.25, 0.3) is 0 Å². The van der Waals surface area contributed by atoms with Crippen molar-refractivity contribution in [3.63, 3.8) is 0 Å². The first-order valence-electron chi connectivity index (χ1n) is 12.7. The first kappa shape index (κ1) is 30.5. The zero-order valence-corrected chi connectivity index (χ0v) is 21.7. The van der Waals surface area contributed by atoms with Gasteiger partial charge in [-0.05, 0) is 38.5 Å². The Morgan fingerprint density at radius 3 is 1.38 bits per heavy atom. The molecule has 0 bridgehead atoms. The Bertz CT molecular complexity index is 529. The lowest BCUT2D eigenvalue weighted by Gasteiger charge is -2.16. The summed E-state index contributed by atoms with van der Waals surface area (Å²) in [6, 6.07) is 0. The van der Waals surface area contributed by atoms with Gasteiger partial charge in [-0.3, -0.25) is 19.2 Å². The minimum Gasteiger partial charge on any atom is -0.356 e. The van der Waals surface area contributed by atoms with Gasteiger partial charge in [0.2, 0.25) is 5.91 Å². The zero-order chi connectivity index (χ0) is 24.6. The Morgan fingerprint density at radius 1 is 0.500 bits per heavy atom. The van der Waals surface area contributed by atoms with E-state index in [2.05, 4.69) is 5.32 Å². The SMILES string of the molecule is CC(C)(C)C(=O)CCCCC(=O)CCCCCCCNC(=O)CCCCC(=O)C(C)(C)C. The van der Waals surface area contributed by atoms with E-state index in [1.54, 1.807) is 0 Å². The van der Waals surface area contributed by atoms with Crippen molar-refractivity contribution in [1.82, 2.24) is 5.32 Å². The summed E-state index contributed by atoms with van der Waals surface area (Å²) in [5.74, 6) is 0.911. The van der Waals surface area contributed by atoms with Gasteiger partial charge in [-0.25, -0.2) is 0 Å². The number of hydrogen-bond donors (Lipinski definition) is 1. The highest BCUT2D eigenvalue weighted by molar-refractivity contribution is 5.84. The van der Waals surface area contributed by atoms with Crippen molar-refractivity contribution in [2.45, 2.75) is 131 Å². The third-order valence-electron chi connectivity index (χ3n) is 5.79. The van der Waals surface area contributed by atoms with E-state index in [-0.39, 0.29) is 28.3 Å². The molecule has 186 valence electrons. The first-order chi connectivity index (χ1) is 14.8. The second-order valence-corrected chi connectivity index (χ2v) is 11.2. The van der Waals surface area contributed by atoms with Crippen molar-refractivity contribution in [2.75, 3.05) is 6.54 Å². The molecule has 0 radical (unpaired) electrons. The van der Waals surface area contributed by atoms with Crippen molar-refractivity contribution >= 4 is 23.3 Å². The van der Waals surface area contributed by atoms with Gasteiger partial charge in [0.1, 0.15) is 17.3 Å². The van der Waals surface area contributed by atoms with Gasteiger partial charge in [-0.1, -0.05) is 60.8 Å². The van der Waals surface area contributed by atoms with Gasteiger partial charge in [0.15, 0.2) is 0 Å². The third kappa shape index (κ3) is 17.1. The molecule has 0 aromatic rings. The molecule has 0 heterocycles. The Hall–Kier alpha value is -1.52. The number of ketones is 3. The summed E-state index contributed by atoms with van der Waals surface area (Å²) in [5, 5.41) is 2.95. The van der Waals surface area contributed by atoms with Crippen molar-refractivity contribution in [3.8, 4) is 0 Å². The lowest BCUT2D eigenvalue weighted by Crippen LogP contribution is -2.24. The van der Waals surface area contributed by atoms with Crippen LogP contribution in [0.15, 0.2) is 0 Å². The molecule has 1 amide bonds. The van der Waals surface area contributed by atoms with Crippen molar-refractivity contribution in [2.24, 2.45) is 10.8 Å². The van der Waals surface area contributed by atoms with E-state index in [1.165, 1.54) is 0 Å². The Morgan fingerprint density at radius 2 is 0.875 bits per heavy atom. The molecule has 32 heavy (non-hydrogen) atoms. The van der Waals surface area contributed by atoms with E-state index < -0.39 is 0 Å². The molecule has 1 N–H and O–H groups in total. The second kappa shape index (κ2) is 16.1. The fraction of sp³-hybridized carbons (Fsp3) is 0.852. The molecular weight excluding hydrogens is 402 g/mol. The van der Waals surface area contributed by atoms with Crippen molar-refractivity contribution < 1.29 is 19.2 Å². The van der Waals surface area contributed by atoms with Crippen LogP contribution in [0.5, 0.6) is 0 Å². The highest BCUT2D eigenvalue weighted by Gasteiger charge is 2.21. The molecule has 0 saturated heterocycles. The molecule has 0 aliphatic carbocycles. The minimum atomic E-state index is -0.289. The van der Waals surface area contributed by atoms with Crippen LogP contribution < -0.4 is 5.32 Å². The van der Waals surface area contributed by atoms with E-state index in [0.29, 0.717) is 44.4 Å².